The van der Waals surface area contributed by atoms with Crippen LogP contribution in [0.2, 0.25) is 0 Å². The zero-order valence-corrected chi connectivity index (χ0v) is 8.99. The summed E-state index contributed by atoms with van der Waals surface area (Å²) in [5, 5.41) is 5.26. The number of nitrogens with one attached hydrogen (secondary N) is 2. The van der Waals surface area contributed by atoms with Gasteiger partial charge in [-0.25, -0.2) is 9.59 Å². The van der Waals surface area contributed by atoms with Crippen LogP contribution in [0.5, 0.6) is 0 Å². The van der Waals surface area contributed by atoms with Crippen LogP contribution in [0.4, 0.5) is 9.59 Å². The quantitative estimate of drug-likeness (QED) is 0.490. The predicted octanol–water partition coefficient (Wildman–Crippen LogP) is -0.229. The second-order valence-corrected chi connectivity index (χ2v) is 4.14. The molecule has 0 aromatic rings. The predicted molar refractivity (Wildman–Crippen MR) is 54.3 cm³/mol. The van der Waals surface area contributed by atoms with Gasteiger partial charge in [-0.3, -0.25) is 0 Å². The van der Waals surface area contributed by atoms with Crippen LogP contribution in [0.15, 0.2) is 0 Å². The molecule has 2 aliphatic heterocycles. The fourth-order valence-corrected chi connectivity index (χ4v) is 1.44. The maximum Gasteiger partial charge on any atom is 0.319 e. The highest BCUT2D eigenvalue weighted by Gasteiger charge is 2.35. The lowest BCUT2D eigenvalue weighted by atomic mass is 10.6. The first kappa shape index (κ1) is 10.1. The number of amides is 4. The number of nitrogens with zero attached hydrogens (tertiary/aromatic N) is 2. The number of hydrogen-bond acceptors (Lipinski definition) is 2. The average Bonchev–Trinajstić information content (AvgIpc) is 3.05. The van der Waals surface area contributed by atoms with Gasteiger partial charge in [0.25, 0.3) is 0 Å². The van der Waals surface area contributed by atoms with Crippen molar-refractivity contribution in [1.82, 2.24) is 20.4 Å². The third-order valence-corrected chi connectivity index (χ3v) is 2.72. The van der Waals surface area contributed by atoms with E-state index < -0.39 is 0 Å². The molecule has 2 aliphatic rings. The fraction of sp³-hybridized carbons (Fsp3) is 0.778. The molecular formula is C9H16N4O2. The van der Waals surface area contributed by atoms with Crippen LogP contribution in [-0.2, 0) is 0 Å². The van der Waals surface area contributed by atoms with E-state index in [2.05, 4.69) is 10.6 Å². The Morgan fingerprint density at radius 3 is 1.67 bits per heavy atom. The molecule has 0 saturated carbocycles. The normalized spacial score (nSPS) is 27.3. The first-order valence-electron chi connectivity index (χ1n) is 5.18. The molecule has 84 valence electrons. The molecule has 2 N–H and O–H groups in total. The third kappa shape index (κ3) is 2.31. The van der Waals surface area contributed by atoms with E-state index in [1.165, 1.54) is 0 Å². The monoisotopic (exact) mass is 212 g/mol. The average molecular weight is 212 g/mol. The van der Waals surface area contributed by atoms with Gasteiger partial charge in [0.2, 0.25) is 0 Å². The highest BCUT2D eigenvalue weighted by Crippen LogP contribution is 2.16. The second kappa shape index (κ2) is 3.60. The Labute approximate surface area is 88.6 Å². The van der Waals surface area contributed by atoms with Gasteiger partial charge in [0.15, 0.2) is 0 Å². The van der Waals surface area contributed by atoms with Crippen LogP contribution in [0.1, 0.15) is 13.8 Å². The van der Waals surface area contributed by atoms with Crippen molar-refractivity contribution in [3.05, 3.63) is 0 Å². The minimum Gasteiger partial charge on any atom is -0.321 e. The number of hydrogen-bond donors (Lipinski definition) is 2. The lowest BCUT2D eigenvalue weighted by molar-refractivity contribution is 0.220. The summed E-state index contributed by atoms with van der Waals surface area (Å²) in [5.41, 5.74) is 0. The summed E-state index contributed by atoms with van der Waals surface area (Å²) in [6, 6.07) is 0.462. The Morgan fingerprint density at radius 1 is 1.07 bits per heavy atom. The minimum atomic E-state index is -0.110. The molecule has 2 saturated heterocycles. The Kier molecular flexibility index (Phi) is 2.42. The van der Waals surface area contributed by atoms with Gasteiger partial charge in [0.1, 0.15) is 0 Å². The van der Waals surface area contributed by atoms with Crippen LogP contribution in [0, 0.1) is 0 Å². The van der Waals surface area contributed by atoms with Gasteiger partial charge in [0.05, 0.1) is 6.67 Å². The lowest BCUT2D eigenvalue weighted by Crippen LogP contribution is -2.41. The van der Waals surface area contributed by atoms with Gasteiger partial charge < -0.3 is 20.4 Å². The van der Waals surface area contributed by atoms with Gasteiger partial charge >= 0.3 is 12.1 Å². The van der Waals surface area contributed by atoms with Crippen molar-refractivity contribution in [3.63, 3.8) is 0 Å². The zero-order chi connectivity index (χ0) is 11.0. The summed E-state index contributed by atoms with van der Waals surface area (Å²) in [7, 11) is 0. The minimum absolute atomic E-state index is 0.110. The number of carbonyl (C=O) groups excluding carboxylic acids is 2. The largest absolute Gasteiger partial charge is 0.321 e. The van der Waals surface area contributed by atoms with Crippen molar-refractivity contribution < 1.29 is 9.59 Å². The van der Waals surface area contributed by atoms with Gasteiger partial charge in [-0.15, -0.1) is 0 Å². The number of carbonyl (C=O) groups is 2. The molecule has 0 aliphatic carbocycles. The molecule has 2 atom stereocenters. The van der Waals surface area contributed by atoms with Crippen molar-refractivity contribution in [2.24, 2.45) is 0 Å². The van der Waals surface area contributed by atoms with Crippen LogP contribution < -0.4 is 10.6 Å². The second-order valence-electron chi connectivity index (χ2n) is 4.14. The topological polar surface area (TPSA) is 64.2 Å². The number of rotatable bonds is 2. The molecular weight excluding hydrogens is 196 g/mol. The Balaban J connectivity index is 1.58. The number of urea groups is 2. The highest BCUT2D eigenvalue weighted by molar-refractivity contribution is 5.79. The van der Waals surface area contributed by atoms with Crippen molar-refractivity contribution >= 4 is 12.1 Å². The third-order valence-electron chi connectivity index (χ3n) is 2.72. The first-order chi connectivity index (χ1) is 7.09. The smallest absolute Gasteiger partial charge is 0.319 e. The van der Waals surface area contributed by atoms with Crippen LogP contribution >= 0.6 is 0 Å². The molecule has 6 heteroatoms. The molecule has 2 fully saturated rings. The summed E-state index contributed by atoms with van der Waals surface area (Å²) >= 11 is 0. The molecule has 6 nitrogen and oxygen atoms in total. The molecule has 0 aromatic heterocycles. The standard InChI is InChI=1S/C9H16N4O2/c1-6-3-12(6)8(14)10-5-11-9(15)13-4-7(13)2/h6-7H,3-5H2,1-2H3,(H,10,14)(H,11,15). The highest BCUT2D eigenvalue weighted by atomic mass is 16.2. The van der Waals surface area contributed by atoms with E-state index in [0.717, 1.165) is 13.1 Å². The van der Waals surface area contributed by atoms with Crippen molar-refractivity contribution in [1.29, 1.82) is 0 Å². The van der Waals surface area contributed by atoms with E-state index in [-0.39, 0.29) is 18.7 Å². The van der Waals surface area contributed by atoms with Gasteiger partial charge in [-0.2, -0.15) is 0 Å². The molecule has 0 radical (unpaired) electrons. The van der Waals surface area contributed by atoms with Crippen LogP contribution in [0.3, 0.4) is 0 Å². The molecule has 2 heterocycles. The zero-order valence-electron chi connectivity index (χ0n) is 8.99. The summed E-state index contributed by atoms with van der Waals surface area (Å²) in [4.78, 5) is 26.0. The SMILES string of the molecule is CC1CN1C(=O)NCNC(=O)N1CC1C. The van der Waals surface area contributed by atoms with Crippen molar-refractivity contribution in [2.75, 3.05) is 19.8 Å². The van der Waals surface area contributed by atoms with Gasteiger partial charge in [-0.05, 0) is 13.8 Å². The summed E-state index contributed by atoms with van der Waals surface area (Å²) < 4.78 is 0. The molecule has 2 rings (SSSR count). The van der Waals surface area contributed by atoms with E-state index in [9.17, 15) is 9.59 Å². The van der Waals surface area contributed by atoms with E-state index in [4.69, 9.17) is 0 Å². The fourth-order valence-electron chi connectivity index (χ4n) is 1.44. The molecule has 4 amide bonds. The Bertz CT molecular complexity index is 266. The Morgan fingerprint density at radius 2 is 1.40 bits per heavy atom. The molecule has 0 aromatic carbocycles. The van der Waals surface area contributed by atoms with E-state index in [1.54, 1.807) is 9.80 Å². The first-order valence-corrected chi connectivity index (χ1v) is 5.18. The Hall–Kier alpha value is -1.46. The molecule has 0 spiro atoms. The van der Waals surface area contributed by atoms with Crippen molar-refractivity contribution in [2.45, 2.75) is 25.9 Å². The van der Waals surface area contributed by atoms with E-state index >= 15 is 0 Å². The summed E-state index contributed by atoms with van der Waals surface area (Å²) in [6.07, 6.45) is 0. The molecule has 2 unspecified atom stereocenters. The van der Waals surface area contributed by atoms with Gasteiger partial charge in [-0.1, -0.05) is 0 Å². The molecule has 0 bridgehead atoms. The maximum atomic E-state index is 11.3. The van der Waals surface area contributed by atoms with Crippen LogP contribution in [0.25, 0.3) is 0 Å². The summed E-state index contributed by atoms with van der Waals surface area (Å²) in [6.45, 7) is 5.78. The van der Waals surface area contributed by atoms with E-state index in [0.29, 0.717) is 12.1 Å². The maximum absolute atomic E-state index is 11.3. The molecule has 15 heavy (non-hydrogen) atoms. The summed E-state index contributed by atoms with van der Waals surface area (Å²) in [5.74, 6) is 0. The van der Waals surface area contributed by atoms with E-state index in [1.807, 2.05) is 13.8 Å². The van der Waals surface area contributed by atoms with Gasteiger partial charge in [0, 0.05) is 25.2 Å². The van der Waals surface area contributed by atoms with Crippen LogP contribution in [-0.4, -0.2) is 53.7 Å². The van der Waals surface area contributed by atoms with Crippen molar-refractivity contribution in [3.8, 4) is 0 Å². The lowest BCUT2D eigenvalue weighted by Gasteiger charge is -2.08.